The number of aromatic nitrogens is 2. The van der Waals surface area contributed by atoms with Crippen molar-refractivity contribution in [3.63, 3.8) is 0 Å². The first-order valence-corrected chi connectivity index (χ1v) is 8.90. The first-order chi connectivity index (χ1) is 13.3. The van der Waals surface area contributed by atoms with E-state index in [1.807, 2.05) is 31.3 Å². The van der Waals surface area contributed by atoms with Gasteiger partial charge in [-0.15, -0.1) is 0 Å². The van der Waals surface area contributed by atoms with Crippen LogP contribution in [0.15, 0.2) is 48.5 Å². The zero-order valence-electron chi connectivity index (χ0n) is 16.1. The number of rotatable bonds is 7. The van der Waals surface area contributed by atoms with Gasteiger partial charge in [-0.25, -0.2) is 0 Å². The van der Waals surface area contributed by atoms with Crippen molar-refractivity contribution in [3.8, 4) is 5.75 Å². The number of amides is 1. The number of hydrogen-bond donors (Lipinski definition) is 2. The average molecular weight is 381 g/mol. The third kappa shape index (κ3) is 3.98. The van der Waals surface area contributed by atoms with E-state index in [0.717, 1.165) is 10.9 Å². The number of carboxylic acid groups (broad SMARTS) is 1. The molecular formula is C21H23N3O4. The number of carboxylic acids is 1. The lowest BCUT2D eigenvalue weighted by molar-refractivity contribution is -0.139. The van der Waals surface area contributed by atoms with E-state index in [9.17, 15) is 14.7 Å². The lowest BCUT2D eigenvalue weighted by atomic mass is 9.88. The van der Waals surface area contributed by atoms with E-state index < -0.39 is 11.5 Å². The highest BCUT2D eigenvalue weighted by molar-refractivity contribution is 5.88. The largest absolute Gasteiger partial charge is 0.497 e. The van der Waals surface area contributed by atoms with Gasteiger partial charge < -0.3 is 15.2 Å². The van der Waals surface area contributed by atoms with Gasteiger partial charge in [-0.3, -0.25) is 14.3 Å². The highest BCUT2D eigenvalue weighted by atomic mass is 16.5. The molecule has 1 amide bonds. The molecule has 0 aliphatic carbocycles. The quantitative estimate of drug-likeness (QED) is 0.656. The Morgan fingerprint density at radius 1 is 1.21 bits per heavy atom. The maximum absolute atomic E-state index is 12.8. The number of carbonyl (C=O) groups is 2. The van der Waals surface area contributed by atoms with Gasteiger partial charge in [0, 0.05) is 12.4 Å². The van der Waals surface area contributed by atoms with Crippen LogP contribution in [0.5, 0.6) is 5.75 Å². The first kappa shape index (κ1) is 19.4. The number of ether oxygens (including phenoxy) is 1. The van der Waals surface area contributed by atoms with E-state index in [1.54, 1.807) is 43.0 Å². The molecule has 0 saturated heterocycles. The van der Waals surface area contributed by atoms with Crippen LogP contribution in [0, 0.1) is 0 Å². The predicted molar refractivity (Wildman–Crippen MR) is 105 cm³/mol. The number of nitrogens with one attached hydrogen (secondary N) is 1. The van der Waals surface area contributed by atoms with Gasteiger partial charge in [0.15, 0.2) is 0 Å². The molecule has 1 unspecified atom stereocenters. The van der Waals surface area contributed by atoms with Gasteiger partial charge in [-0.2, -0.15) is 5.10 Å². The van der Waals surface area contributed by atoms with Crippen LogP contribution in [-0.2, 0) is 28.6 Å². The Kier molecular flexibility index (Phi) is 5.35. The van der Waals surface area contributed by atoms with Crippen molar-refractivity contribution in [2.45, 2.75) is 25.3 Å². The molecule has 7 nitrogen and oxygen atoms in total. The molecule has 0 fully saturated rings. The Morgan fingerprint density at radius 3 is 2.68 bits per heavy atom. The summed E-state index contributed by atoms with van der Waals surface area (Å²) in [5, 5.41) is 17.6. The van der Waals surface area contributed by atoms with Gasteiger partial charge in [0.2, 0.25) is 5.91 Å². The van der Waals surface area contributed by atoms with Crippen molar-refractivity contribution >= 4 is 22.8 Å². The van der Waals surface area contributed by atoms with Crippen molar-refractivity contribution in [1.82, 2.24) is 15.1 Å². The second kappa shape index (κ2) is 7.72. The highest BCUT2D eigenvalue weighted by Gasteiger charge is 2.32. The standard InChI is InChI=1S/C21H23N3O4/c1-21(13-20(26)27,14-7-6-8-15(11-14)28-3)22-19(25)12-17-16-9-4-5-10-18(16)24(2)23-17/h4-11H,12-13H2,1-3H3,(H,22,25)(H,26,27). The molecule has 1 heterocycles. The summed E-state index contributed by atoms with van der Waals surface area (Å²) in [5.74, 6) is -0.705. The van der Waals surface area contributed by atoms with Gasteiger partial charge >= 0.3 is 5.97 Å². The first-order valence-electron chi connectivity index (χ1n) is 8.90. The molecular weight excluding hydrogens is 358 g/mol. The number of methoxy groups -OCH3 is 1. The minimum atomic E-state index is -1.08. The fraction of sp³-hybridized carbons (Fsp3) is 0.286. The molecule has 146 valence electrons. The summed E-state index contributed by atoms with van der Waals surface area (Å²) in [6.45, 7) is 1.70. The third-order valence-corrected chi connectivity index (χ3v) is 4.79. The summed E-state index contributed by atoms with van der Waals surface area (Å²) in [7, 11) is 3.37. The molecule has 1 atom stereocenters. The molecule has 2 N–H and O–H groups in total. The summed E-state index contributed by atoms with van der Waals surface area (Å²) < 4.78 is 6.97. The SMILES string of the molecule is COc1cccc(C(C)(CC(=O)O)NC(=O)Cc2nn(C)c3ccccc23)c1. The molecule has 3 rings (SSSR count). The number of carbonyl (C=O) groups excluding carboxylic acids is 1. The van der Waals surface area contributed by atoms with Gasteiger partial charge in [-0.1, -0.05) is 30.3 Å². The number of para-hydroxylation sites is 1. The Hall–Kier alpha value is -3.35. The molecule has 0 saturated carbocycles. The van der Waals surface area contributed by atoms with Crippen LogP contribution in [0.2, 0.25) is 0 Å². The predicted octanol–water partition coefficient (Wildman–Crippen LogP) is 2.63. The van der Waals surface area contributed by atoms with Crippen LogP contribution in [0.1, 0.15) is 24.6 Å². The van der Waals surface area contributed by atoms with Crippen LogP contribution in [0.4, 0.5) is 0 Å². The number of nitrogens with zero attached hydrogens (tertiary/aromatic N) is 2. The Bertz CT molecular complexity index is 1030. The van der Waals surface area contributed by atoms with Gasteiger partial charge in [0.25, 0.3) is 0 Å². The van der Waals surface area contributed by atoms with Crippen LogP contribution in [0.3, 0.4) is 0 Å². The number of aliphatic carboxylic acids is 1. The zero-order valence-corrected chi connectivity index (χ0v) is 16.1. The lowest BCUT2D eigenvalue weighted by Crippen LogP contribution is -2.45. The van der Waals surface area contributed by atoms with Crippen molar-refractivity contribution in [3.05, 3.63) is 59.8 Å². The maximum Gasteiger partial charge on any atom is 0.306 e. The normalized spacial score (nSPS) is 13.1. The molecule has 3 aromatic rings. The number of benzene rings is 2. The van der Waals surface area contributed by atoms with E-state index in [4.69, 9.17) is 4.74 Å². The number of hydrogen-bond acceptors (Lipinski definition) is 4. The average Bonchev–Trinajstić information content (AvgIpc) is 2.97. The summed E-state index contributed by atoms with van der Waals surface area (Å²) in [6, 6.07) is 14.7. The van der Waals surface area contributed by atoms with E-state index in [0.29, 0.717) is 17.0 Å². The van der Waals surface area contributed by atoms with Crippen LogP contribution >= 0.6 is 0 Å². The second-order valence-corrected chi connectivity index (χ2v) is 6.95. The maximum atomic E-state index is 12.8. The fourth-order valence-corrected chi connectivity index (χ4v) is 3.41. The van der Waals surface area contributed by atoms with Crippen LogP contribution in [0.25, 0.3) is 10.9 Å². The fourth-order valence-electron chi connectivity index (χ4n) is 3.41. The molecule has 7 heteroatoms. The topological polar surface area (TPSA) is 93.4 Å². The molecule has 0 bridgehead atoms. The van der Waals surface area contributed by atoms with Gasteiger partial charge in [-0.05, 0) is 30.7 Å². The third-order valence-electron chi connectivity index (χ3n) is 4.79. The summed E-state index contributed by atoms with van der Waals surface area (Å²) in [6.07, 6.45) is -0.199. The minimum Gasteiger partial charge on any atom is -0.497 e. The molecule has 2 aromatic carbocycles. The molecule has 1 aromatic heterocycles. The lowest BCUT2D eigenvalue weighted by Gasteiger charge is -2.30. The van der Waals surface area contributed by atoms with E-state index >= 15 is 0 Å². The molecule has 0 spiro atoms. The van der Waals surface area contributed by atoms with Crippen molar-refractivity contribution < 1.29 is 19.4 Å². The molecule has 28 heavy (non-hydrogen) atoms. The summed E-state index contributed by atoms with van der Waals surface area (Å²) >= 11 is 0. The smallest absolute Gasteiger partial charge is 0.306 e. The monoisotopic (exact) mass is 381 g/mol. The molecule has 0 aliphatic rings. The number of fused-ring (bicyclic) bond motifs is 1. The zero-order chi connectivity index (χ0) is 20.3. The van der Waals surface area contributed by atoms with Crippen LogP contribution < -0.4 is 10.1 Å². The van der Waals surface area contributed by atoms with Crippen LogP contribution in [-0.4, -0.2) is 33.9 Å². The minimum absolute atomic E-state index is 0.0561. The number of aryl methyl sites for hydroxylation is 1. The van der Waals surface area contributed by atoms with Crippen molar-refractivity contribution in [2.24, 2.45) is 7.05 Å². The molecule has 0 radical (unpaired) electrons. The Morgan fingerprint density at radius 2 is 1.96 bits per heavy atom. The molecule has 0 aliphatic heterocycles. The van der Waals surface area contributed by atoms with Gasteiger partial charge in [0.1, 0.15) is 5.75 Å². The summed E-state index contributed by atoms with van der Waals surface area (Å²) in [4.78, 5) is 24.3. The van der Waals surface area contributed by atoms with Crippen molar-refractivity contribution in [1.29, 1.82) is 0 Å². The highest BCUT2D eigenvalue weighted by Crippen LogP contribution is 2.28. The Balaban J connectivity index is 1.87. The van der Waals surface area contributed by atoms with Gasteiger partial charge in [0.05, 0.1) is 36.7 Å². The van der Waals surface area contributed by atoms with E-state index in [1.165, 1.54) is 0 Å². The second-order valence-electron chi connectivity index (χ2n) is 6.95. The van der Waals surface area contributed by atoms with Crippen molar-refractivity contribution in [2.75, 3.05) is 7.11 Å². The van der Waals surface area contributed by atoms with E-state index in [-0.39, 0.29) is 18.7 Å². The Labute approximate surface area is 162 Å². The van der Waals surface area contributed by atoms with E-state index in [2.05, 4.69) is 10.4 Å². The summed E-state index contributed by atoms with van der Waals surface area (Å²) in [5.41, 5.74) is 1.17.